The van der Waals surface area contributed by atoms with Gasteiger partial charge in [-0.1, -0.05) is 17.3 Å². The van der Waals surface area contributed by atoms with Crippen molar-refractivity contribution >= 4 is 29.0 Å². The van der Waals surface area contributed by atoms with Gasteiger partial charge in [-0.2, -0.15) is 0 Å². The van der Waals surface area contributed by atoms with E-state index in [0.717, 1.165) is 15.8 Å². The highest BCUT2D eigenvalue weighted by Gasteiger charge is 2.20. The molecule has 0 saturated carbocycles. The first-order valence-electron chi connectivity index (χ1n) is 9.42. The Morgan fingerprint density at radius 3 is 2.52 bits per heavy atom. The number of carbonyl (C=O) groups is 2. The van der Waals surface area contributed by atoms with Crippen LogP contribution < -0.4 is 25.8 Å². The first kappa shape index (κ1) is 21.6. The van der Waals surface area contributed by atoms with Gasteiger partial charge >= 0.3 is 0 Å². The van der Waals surface area contributed by atoms with Crippen LogP contribution in [0.4, 0.5) is 17.2 Å². The van der Waals surface area contributed by atoms with Crippen molar-refractivity contribution in [3.05, 3.63) is 53.2 Å². The summed E-state index contributed by atoms with van der Waals surface area (Å²) in [5, 5.41) is 13.2. The lowest BCUT2D eigenvalue weighted by molar-refractivity contribution is -0.116. The van der Waals surface area contributed by atoms with Crippen molar-refractivity contribution in [1.29, 1.82) is 0 Å². The molecule has 10 heteroatoms. The molecule has 162 valence electrons. The van der Waals surface area contributed by atoms with Crippen molar-refractivity contribution < 1.29 is 19.1 Å². The summed E-state index contributed by atoms with van der Waals surface area (Å²) in [7, 11) is 3.03. The van der Waals surface area contributed by atoms with Crippen LogP contribution in [-0.2, 0) is 11.3 Å². The Morgan fingerprint density at radius 1 is 1.06 bits per heavy atom. The largest absolute Gasteiger partial charge is 0.493 e. The van der Waals surface area contributed by atoms with Crippen LogP contribution in [0.1, 0.15) is 21.6 Å². The zero-order valence-electron chi connectivity index (χ0n) is 17.7. The molecule has 3 aromatic rings. The second-order valence-corrected chi connectivity index (χ2v) is 6.80. The van der Waals surface area contributed by atoms with Gasteiger partial charge in [-0.15, -0.1) is 5.10 Å². The van der Waals surface area contributed by atoms with Crippen molar-refractivity contribution in [2.45, 2.75) is 20.4 Å². The second-order valence-electron chi connectivity index (χ2n) is 6.80. The van der Waals surface area contributed by atoms with E-state index in [1.165, 1.54) is 14.2 Å². The van der Waals surface area contributed by atoms with Crippen molar-refractivity contribution in [2.75, 3.05) is 30.6 Å². The maximum atomic E-state index is 12.6. The van der Waals surface area contributed by atoms with Crippen molar-refractivity contribution in [1.82, 2.24) is 15.0 Å². The fourth-order valence-electron chi connectivity index (χ4n) is 2.92. The van der Waals surface area contributed by atoms with Gasteiger partial charge in [-0.3, -0.25) is 9.59 Å². The van der Waals surface area contributed by atoms with E-state index in [0.29, 0.717) is 22.9 Å². The molecule has 2 amide bonds. The highest BCUT2D eigenvalue weighted by molar-refractivity contribution is 6.06. The quantitative estimate of drug-likeness (QED) is 0.530. The number of nitrogens with two attached hydrogens (primary N) is 1. The molecule has 0 fully saturated rings. The number of benzene rings is 2. The molecule has 10 nitrogen and oxygen atoms in total. The number of hydrogen-bond donors (Lipinski definition) is 3. The minimum atomic E-state index is -0.502. The summed E-state index contributed by atoms with van der Waals surface area (Å²) >= 11 is 0. The topological polar surface area (TPSA) is 133 Å². The number of rotatable bonds is 7. The third-order valence-corrected chi connectivity index (χ3v) is 4.80. The molecule has 0 aliphatic carbocycles. The number of amides is 2. The summed E-state index contributed by atoms with van der Waals surface area (Å²) in [6.07, 6.45) is 0. The smallest absolute Gasteiger partial charge is 0.280 e. The van der Waals surface area contributed by atoms with Gasteiger partial charge in [-0.05, 0) is 43.2 Å². The number of hydrogen-bond acceptors (Lipinski definition) is 7. The van der Waals surface area contributed by atoms with Gasteiger partial charge < -0.3 is 25.8 Å². The number of nitrogens with zero attached hydrogens (tertiary/aromatic N) is 3. The molecule has 1 heterocycles. The van der Waals surface area contributed by atoms with Gasteiger partial charge in [0.05, 0.1) is 14.2 Å². The number of aromatic nitrogens is 3. The zero-order valence-corrected chi connectivity index (χ0v) is 17.7. The van der Waals surface area contributed by atoms with E-state index in [9.17, 15) is 9.59 Å². The Balaban J connectivity index is 1.69. The minimum absolute atomic E-state index is 0.00901. The van der Waals surface area contributed by atoms with Gasteiger partial charge in [0, 0.05) is 17.4 Å². The molecule has 0 spiro atoms. The number of carbonyl (C=O) groups excluding carboxylic acids is 2. The predicted molar refractivity (Wildman–Crippen MR) is 116 cm³/mol. The average molecular weight is 424 g/mol. The van der Waals surface area contributed by atoms with Crippen LogP contribution in [0.5, 0.6) is 11.5 Å². The van der Waals surface area contributed by atoms with Crippen LogP contribution in [0.2, 0.25) is 0 Å². The van der Waals surface area contributed by atoms with Crippen LogP contribution >= 0.6 is 0 Å². The zero-order chi connectivity index (χ0) is 22.5. The summed E-state index contributed by atoms with van der Waals surface area (Å²) < 4.78 is 11.6. The summed E-state index contributed by atoms with van der Waals surface area (Å²) in [6, 6.07) is 10.6. The maximum Gasteiger partial charge on any atom is 0.280 e. The fraction of sp³-hybridized carbons (Fsp3) is 0.238. The first-order valence-corrected chi connectivity index (χ1v) is 9.42. The molecular formula is C21H24N6O4. The summed E-state index contributed by atoms with van der Waals surface area (Å²) in [5.74, 6) is 0.111. The monoisotopic (exact) mass is 424 g/mol. The summed E-state index contributed by atoms with van der Waals surface area (Å²) in [4.78, 5) is 25.0. The number of methoxy groups -OCH3 is 2. The summed E-state index contributed by atoms with van der Waals surface area (Å²) in [6.45, 7) is 3.64. The fourth-order valence-corrected chi connectivity index (χ4v) is 2.92. The third kappa shape index (κ3) is 4.74. The average Bonchev–Trinajstić information content (AvgIpc) is 3.11. The van der Waals surface area contributed by atoms with Crippen LogP contribution in [-0.4, -0.2) is 41.0 Å². The molecule has 0 unspecified atom stereocenters. The van der Waals surface area contributed by atoms with E-state index in [-0.39, 0.29) is 18.1 Å². The molecule has 4 N–H and O–H groups in total. The van der Waals surface area contributed by atoms with E-state index in [2.05, 4.69) is 20.9 Å². The third-order valence-electron chi connectivity index (χ3n) is 4.80. The number of nitrogen functional groups attached to an aromatic ring is 1. The highest BCUT2D eigenvalue weighted by Crippen LogP contribution is 2.29. The molecule has 0 radical (unpaired) electrons. The van der Waals surface area contributed by atoms with Crippen LogP contribution in [0.15, 0.2) is 36.4 Å². The number of ether oxygens (including phenoxy) is 2. The lowest BCUT2D eigenvalue weighted by atomic mass is 10.1. The van der Waals surface area contributed by atoms with Gasteiger partial charge in [0.25, 0.3) is 5.91 Å². The molecule has 3 rings (SSSR count). The molecule has 2 aromatic carbocycles. The Labute approximate surface area is 179 Å². The molecule has 0 bridgehead atoms. The van der Waals surface area contributed by atoms with E-state index in [1.807, 2.05) is 26.0 Å². The first-order chi connectivity index (χ1) is 14.8. The Bertz CT molecular complexity index is 1130. The van der Waals surface area contributed by atoms with Crippen LogP contribution in [0.25, 0.3) is 0 Å². The Kier molecular flexibility index (Phi) is 6.39. The lowest BCUT2D eigenvalue weighted by Crippen LogP contribution is -2.21. The second kappa shape index (κ2) is 9.16. The minimum Gasteiger partial charge on any atom is -0.493 e. The van der Waals surface area contributed by atoms with E-state index in [4.69, 9.17) is 15.2 Å². The van der Waals surface area contributed by atoms with Crippen molar-refractivity contribution in [3.8, 4) is 11.5 Å². The maximum absolute atomic E-state index is 12.6. The van der Waals surface area contributed by atoms with E-state index in [1.54, 1.807) is 24.3 Å². The lowest BCUT2D eigenvalue weighted by Gasteiger charge is -2.11. The highest BCUT2D eigenvalue weighted by atomic mass is 16.5. The normalized spacial score (nSPS) is 10.5. The van der Waals surface area contributed by atoms with E-state index >= 15 is 0 Å². The molecule has 0 aliphatic rings. The Morgan fingerprint density at radius 2 is 1.81 bits per heavy atom. The van der Waals surface area contributed by atoms with Gasteiger partial charge in [0.1, 0.15) is 6.54 Å². The van der Waals surface area contributed by atoms with Crippen molar-refractivity contribution in [2.24, 2.45) is 0 Å². The van der Waals surface area contributed by atoms with Crippen LogP contribution in [0, 0.1) is 13.8 Å². The molecule has 31 heavy (non-hydrogen) atoms. The molecule has 0 aliphatic heterocycles. The number of nitrogens with one attached hydrogen (secondary N) is 2. The van der Waals surface area contributed by atoms with Crippen molar-refractivity contribution in [3.63, 3.8) is 0 Å². The molecule has 0 atom stereocenters. The predicted octanol–water partition coefficient (Wildman–Crippen LogP) is 2.39. The van der Waals surface area contributed by atoms with E-state index < -0.39 is 11.8 Å². The SMILES string of the molecule is COc1ccc(NC(=O)Cn2nnc(C(=O)Nc3cccc(C)c3C)c2N)cc1OC. The standard InChI is InChI=1S/C21H24N6O4/c1-12-6-5-7-15(13(12)2)24-21(29)19-20(22)27(26-25-19)11-18(28)23-14-8-9-16(30-3)17(10-14)31-4/h5-10H,11,22H2,1-4H3,(H,23,28)(H,24,29). The number of anilines is 3. The van der Waals surface area contributed by atoms with Gasteiger partial charge in [0.15, 0.2) is 23.0 Å². The van der Waals surface area contributed by atoms with Gasteiger partial charge in [-0.25, -0.2) is 4.68 Å². The molecule has 0 saturated heterocycles. The Hall–Kier alpha value is -4.08. The van der Waals surface area contributed by atoms with Crippen LogP contribution in [0.3, 0.4) is 0 Å². The van der Waals surface area contributed by atoms with Gasteiger partial charge in [0.2, 0.25) is 5.91 Å². The summed E-state index contributed by atoms with van der Waals surface area (Å²) in [5.41, 5.74) is 9.11. The molecule has 1 aromatic heterocycles. The molecular weight excluding hydrogens is 400 g/mol. The number of aryl methyl sites for hydroxylation is 1.